The zero-order valence-corrected chi connectivity index (χ0v) is 16.5. The molecule has 2 aromatic rings. The first-order valence-corrected chi connectivity index (χ1v) is 9.65. The lowest BCUT2D eigenvalue weighted by Crippen LogP contribution is -2.55. The zero-order valence-electron chi connectivity index (χ0n) is 16.5. The Kier molecular flexibility index (Phi) is 4.91. The summed E-state index contributed by atoms with van der Waals surface area (Å²) >= 11 is 0. The highest BCUT2D eigenvalue weighted by atomic mass is 16.2. The van der Waals surface area contributed by atoms with Gasteiger partial charge in [-0.1, -0.05) is 24.3 Å². The van der Waals surface area contributed by atoms with Crippen molar-refractivity contribution >= 4 is 23.2 Å². The Hall–Kier alpha value is -2.70. The fourth-order valence-electron chi connectivity index (χ4n) is 4.35. The molecule has 3 atom stereocenters. The molecule has 2 amide bonds. The van der Waals surface area contributed by atoms with Crippen LogP contribution in [0.25, 0.3) is 0 Å². The summed E-state index contributed by atoms with van der Waals surface area (Å²) in [7, 11) is 1.96. The molecule has 2 aliphatic rings. The van der Waals surface area contributed by atoms with Crippen molar-refractivity contribution in [1.82, 2.24) is 10.3 Å². The zero-order chi connectivity index (χ0) is 19.8. The number of rotatable bonds is 3. The second-order valence-corrected chi connectivity index (χ2v) is 7.96. The molecule has 3 unspecified atom stereocenters. The topological polar surface area (TPSA) is 64.7 Å². The average molecular weight is 378 g/mol. The Morgan fingerprint density at radius 3 is 2.43 bits per heavy atom. The van der Waals surface area contributed by atoms with Gasteiger partial charge in [0.15, 0.2) is 0 Å². The third-order valence-electron chi connectivity index (χ3n) is 5.54. The van der Waals surface area contributed by atoms with Crippen molar-refractivity contribution in [3.05, 3.63) is 59.7 Å². The SMILES string of the molecule is Cc1cc(C)cc(NC(=O)C2CN(C)CC3C(=O)N(c4ccccc4)NC23)c1. The van der Waals surface area contributed by atoms with Gasteiger partial charge in [0.25, 0.3) is 0 Å². The van der Waals surface area contributed by atoms with E-state index >= 15 is 0 Å². The molecule has 2 saturated heterocycles. The normalized spacial score (nSPS) is 24.9. The van der Waals surface area contributed by atoms with Gasteiger partial charge in [-0.25, -0.2) is 10.4 Å². The second-order valence-electron chi connectivity index (χ2n) is 7.96. The summed E-state index contributed by atoms with van der Waals surface area (Å²) < 4.78 is 0. The van der Waals surface area contributed by atoms with Gasteiger partial charge in [0.05, 0.1) is 23.6 Å². The van der Waals surface area contributed by atoms with Crippen LogP contribution in [0.2, 0.25) is 0 Å². The molecule has 2 heterocycles. The number of hydrogen-bond donors (Lipinski definition) is 2. The number of anilines is 2. The predicted octanol–water partition coefficient (Wildman–Crippen LogP) is 2.34. The minimum absolute atomic E-state index is 0.0203. The van der Waals surface area contributed by atoms with Crippen LogP contribution in [0.15, 0.2) is 48.5 Å². The smallest absolute Gasteiger partial charge is 0.247 e. The minimum atomic E-state index is -0.317. The quantitative estimate of drug-likeness (QED) is 0.861. The monoisotopic (exact) mass is 378 g/mol. The van der Waals surface area contributed by atoms with E-state index in [1.807, 2.05) is 63.4 Å². The second kappa shape index (κ2) is 7.37. The van der Waals surface area contributed by atoms with Crippen LogP contribution in [-0.2, 0) is 9.59 Å². The number of hydrogen-bond acceptors (Lipinski definition) is 4. The number of fused-ring (bicyclic) bond motifs is 1. The Morgan fingerprint density at radius 1 is 1.07 bits per heavy atom. The van der Waals surface area contributed by atoms with Crippen molar-refractivity contribution in [3.63, 3.8) is 0 Å². The number of nitrogens with zero attached hydrogens (tertiary/aromatic N) is 2. The van der Waals surface area contributed by atoms with Gasteiger partial charge < -0.3 is 10.2 Å². The first-order valence-electron chi connectivity index (χ1n) is 9.65. The van der Waals surface area contributed by atoms with Crippen LogP contribution >= 0.6 is 0 Å². The number of benzene rings is 2. The van der Waals surface area contributed by atoms with Gasteiger partial charge in [-0.2, -0.15) is 0 Å². The lowest BCUT2D eigenvalue weighted by atomic mass is 9.84. The van der Waals surface area contributed by atoms with E-state index in [4.69, 9.17) is 0 Å². The summed E-state index contributed by atoms with van der Waals surface area (Å²) in [6.07, 6.45) is 0. The highest BCUT2D eigenvalue weighted by Crippen LogP contribution is 2.32. The highest BCUT2D eigenvalue weighted by molar-refractivity contribution is 6.00. The van der Waals surface area contributed by atoms with Gasteiger partial charge in [-0.15, -0.1) is 0 Å². The summed E-state index contributed by atoms with van der Waals surface area (Å²) in [5.74, 6) is -0.593. The van der Waals surface area contributed by atoms with Gasteiger partial charge in [-0.05, 0) is 56.3 Å². The van der Waals surface area contributed by atoms with E-state index in [0.717, 1.165) is 22.5 Å². The van der Waals surface area contributed by atoms with Gasteiger partial charge in [0, 0.05) is 18.8 Å². The summed E-state index contributed by atoms with van der Waals surface area (Å²) in [5.41, 5.74) is 7.14. The first-order chi connectivity index (χ1) is 13.4. The van der Waals surface area contributed by atoms with E-state index in [0.29, 0.717) is 13.1 Å². The Bertz CT molecular complexity index is 878. The van der Waals surface area contributed by atoms with Crippen LogP contribution in [0, 0.1) is 25.7 Å². The summed E-state index contributed by atoms with van der Waals surface area (Å²) in [5, 5.41) is 4.66. The molecule has 6 heteroatoms. The molecule has 2 aromatic carbocycles. The third kappa shape index (κ3) is 3.53. The van der Waals surface area contributed by atoms with Crippen molar-refractivity contribution in [3.8, 4) is 0 Å². The van der Waals surface area contributed by atoms with Crippen molar-refractivity contribution in [2.75, 3.05) is 30.5 Å². The van der Waals surface area contributed by atoms with Gasteiger partial charge in [0.1, 0.15) is 0 Å². The van der Waals surface area contributed by atoms with E-state index < -0.39 is 0 Å². The first kappa shape index (κ1) is 18.7. The summed E-state index contributed by atoms with van der Waals surface area (Å²) in [6, 6.07) is 15.3. The molecule has 0 saturated carbocycles. The van der Waals surface area contributed by atoms with Crippen molar-refractivity contribution < 1.29 is 9.59 Å². The van der Waals surface area contributed by atoms with E-state index in [-0.39, 0.29) is 29.7 Å². The molecule has 0 spiro atoms. The Balaban J connectivity index is 1.57. The van der Waals surface area contributed by atoms with Gasteiger partial charge in [-0.3, -0.25) is 9.59 Å². The molecule has 28 heavy (non-hydrogen) atoms. The number of hydrazine groups is 1. The van der Waals surface area contributed by atoms with Crippen LogP contribution < -0.4 is 15.8 Å². The number of aryl methyl sites for hydroxylation is 2. The molecule has 0 bridgehead atoms. The fourth-order valence-corrected chi connectivity index (χ4v) is 4.35. The molecule has 2 N–H and O–H groups in total. The van der Waals surface area contributed by atoms with Crippen LogP contribution in [0.5, 0.6) is 0 Å². The van der Waals surface area contributed by atoms with Crippen LogP contribution in [0.1, 0.15) is 11.1 Å². The van der Waals surface area contributed by atoms with Gasteiger partial charge in [0.2, 0.25) is 11.8 Å². The van der Waals surface area contributed by atoms with E-state index in [9.17, 15) is 9.59 Å². The molecule has 2 aliphatic heterocycles. The number of likely N-dealkylation sites (tertiary alicyclic amines) is 1. The molecule has 0 aromatic heterocycles. The average Bonchev–Trinajstić information content (AvgIpc) is 2.97. The predicted molar refractivity (Wildman–Crippen MR) is 110 cm³/mol. The number of carbonyl (C=O) groups is 2. The molecule has 2 fully saturated rings. The van der Waals surface area contributed by atoms with Crippen LogP contribution in [-0.4, -0.2) is 42.9 Å². The molecular weight excluding hydrogens is 352 g/mol. The van der Waals surface area contributed by atoms with E-state index in [1.165, 1.54) is 0 Å². The number of piperidine rings is 1. The Labute approximate surface area is 165 Å². The van der Waals surface area contributed by atoms with E-state index in [2.05, 4.69) is 21.7 Å². The van der Waals surface area contributed by atoms with Crippen LogP contribution in [0.4, 0.5) is 11.4 Å². The maximum atomic E-state index is 13.1. The van der Waals surface area contributed by atoms with Crippen LogP contribution in [0.3, 0.4) is 0 Å². The lowest BCUT2D eigenvalue weighted by molar-refractivity contribution is -0.125. The molecule has 0 aliphatic carbocycles. The van der Waals surface area contributed by atoms with Crippen molar-refractivity contribution in [2.45, 2.75) is 19.9 Å². The summed E-state index contributed by atoms with van der Waals surface area (Å²) in [6.45, 7) is 5.29. The van der Waals surface area contributed by atoms with Gasteiger partial charge >= 0.3 is 0 Å². The Morgan fingerprint density at radius 2 is 1.75 bits per heavy atom. The fraction of sp³-hybridized carbons (Fsp3) is 0.364. The lowest BCUT2D eigenvalue weighted by Gasteiger charge is -2.36. The number of carbonyl (C=O) groups excluding carboxylic acids is 2. The number of amides is 2. The highest BCUT2D eigenvalue weighted by Gasteiger charge is 2.50. The molecular formula is C22H26N4O2. The largest absolute Gasteiger partial charge is 0.326 e. The van der Waals surface area contributed by atoms with Crippen molar-refractivity contribution in [1.29, 1.82) is 0 Å². The third-order valence-corrected chi connectivity index (χ3v) is 5.54. The number of nitrogens with one attached hydrogen (secondary N) is 2. The maximum Gasteiger partial charge on any atom is 0.247 e. The number of para-hydroxylation sites is 1. The molecule has 6 nitrogen and oxygen atoms in total. The van der Waals surface area contributed by atoms with E-state index in [1.54, 1.807) is 5.01 Å². The molecule has 4 rings (SSSR count). The minimum Gasteiger partial charge on any atom is -0.326 e. The van der Waals surface area contributed by atoms with Crippen molar-refractivity contribution in [2.24, 2.45) is 11.8 Å². The molecule has 146 valence electrons. The summed E-state index contributed by atoms with van der Waals surface area (Å²) in [4.78, 5) is 28.2. The molecule has 0 radical (unpaired) electrons. The standard InChI is InChI=1S/C22H26N4O2/c1-14-9-15(2)11-16(10-14)23-21(27)18-12-25(3)13-19-20(18)24-26(22(19)28)17-7-5-4-6-8-17/h4-11,18-20,24H,12-13H2,1-3H3,(H,23,27). The maximum absolute atomic E-state index is 13.1.